The molecule has 0 aliphatic heterocycles. The number of benzene rings is 1. The molecule has 2 aromatic rings. The fourth-order valence-electron chi connectivity index (χ4n) is 2.51. The van der Waals surface area contributed by atoms with Crippen LogP contribution in [-0.4, -0.2) is 35.8 Å². The largest absolute Gasteiger partial charge is 0.496 e. The van der Waals surface area contributed by atoms with Gasteiger partial charge in [-0.2, -0.15) is 0 Å². The highest BCUT2D eigenvalue weighted by Gasteiger charge is 2.42. The fourth-order valence-corrected chi connectivity index (χ4v) is 2.77. The van der Waals surface area contributed by atoms with E-state index in [0.29, 0.717) is 22.9 Å². The van der Waals surface area contributed by atoms with E-state index in [0.717, 1.165) is 18.5 Å². The second kappa shape index (κ2) is 6.26. The maximum absolute atomic E-state index is 12.4. The van der Waals surface area contributed by atoms with Crippen molar-refractivity contribution in [3.05, 3.63) is 47.2 Å². The van der Waals surface area contributed by atoms with Crippen LogP contribution in [0.3, 0.4) is 0 Å². The minimum Gasteiger partial charge on any atom is -0.496 e. The zero-order valence-electron chi connectivity index (χ0n) is 12.9. The molecule has 122 valence electrons. The molecule has 0 bridgehead atoms. The monoisotopic (exact) mass is 334 g/mol. The van der Waals surface area contributed by atoms with Gasteiger partial charge in [0.1, 0.15) is 5.75 Å². The van der Waals surface area contributed by atoms with Crippen LogP contribution in [0, 0.1) is 5.41 Å². The molecule has 1 heterocycles. The van der Waals surface area contributed by atoms with E-state index in [4.69, 9.17) is 16.3 Å². The van der Waals surface area contributed by atoms with Crippen molar-refractivity contribution in [2.24, 2.45) is 5.41 Å². The Morgan fingerprint density at radius 2 is 2.09 bits per heavy atom. The lowest BCUT2D eigenvalue weighted by Crippen LogP contribution is -2.32. The molecule has 1 aromatic heterocycles. The summed E-state index contributed by atoms with van der Waals surface area (Å²) < 4.78 is 7.21. The Morgan fingerprint density at radius 1 is 1.39 bits per heavy atom. The second-order valence-electron chi connectivity index (χ2n) is 5.94. The zero-order chi connectivity index (χ0) is 16.4. The van der Waals surface area contributed by atoms with E-state index in [-0.39, 0.29) is 17.9 Å². The Morgan fingerprint density at radius 3 is 2.65 bits per heavy atom. The highest BCUT2D eigenvalue weighted by molar-refractivity contribution is 6.33. The summed E-state index contributed by atoms with van der Waals surface area (Å²) in [5, 5.41) is 12.7. The average molecular weight is 335 g/mol. The minimum absolute atomic E-state index is 0.0950. The number of aliphatic hydroxyl groups excluding tert-OH is 1. The predicted octanol–water partition coefficient (Wildman–Crippen LogP) is 2.64. The molecule has 0 saturated heterocycles. The number of hydrogen-bond acceptors (Lipinski definition) is 3. The van der Waals surface area contributed by atoms with Gasteiger partial charge in [-0.25, -0.2) is 0 Å². The number of amides is 1. The predicted molar refractivity (Wildman–Crippen MR) is 88.4 cm³/mol. The molecular weight excluding hydrogens is 316 g/mol. The van der Waals surface area contributed by atoms with E-state index in [1.54, 1.807) is 12.1 Å². The molecular formula is C17H19ClN2O3. The summed E-state index contributed by atoms with van der Waals surface area (Å²) in [5.74, 6) is 0.215. The first kappa shape index (κ1) is 15.9. The van der Waals surface area contributed by atoms with E-state index in [9.17, 15) is 9.90 Å². The van der Waals surface area contributed by atoms with Crippen molar-refractivity contribution in [1.82, 2.24) is 9.88 Å². The van der Waals surface area contributed by atoms with Crippen molar-refractivity contribution in [1.29, 1.82) is 0 Å². The highest BCUT2D eigenvalue weighted by Crippen LogP contribution is 2.44. The van der Waals surface area contributed by atoms with Gasteiger partial charge in [0.15, 0.2) is 0 Å². The lowest BCUT2D eigenvalue weighted by Gasteiger charge is -2.16. The molecule has 0 unspecified atom stereocenters. The van der Waals surface area contributed by atoms with Crippen LogP contribution in [0.2, 0.25) is 5.02 Å². The molecule has 1 fully saturated rings. The van der Waals surface area contributed by atoms with Crippen LogP contribution in [0.4, 0.5) is 0 Å². The number of nitrogens with zero attached hydrogens (tertiary/aromatic N) is 1. The minimum atomic E-state index is -0.248. The molecule has 2 N–H and O–H groups in total. The summed E-state index contributed by atoms with van der Waals surface area (Å²) >= 11 is 6.33. The van der Waals surface area contributed by atoms with Gasteiger partial charge in [0.05, 0.1) is 30.0 Å². The van der Waals surface area contributed by atoms with Gasteiger partial charge in [-0.05, 0) is 31.0 Å². The third-order valence-corrected chi connectivity index (χ3v) is 4.62. The molecule has 1 aliphatic rings. The number of rotatable bonds is 6. The van der Waals surface area contributed by atoms with Crippen molar-refractivity contribution < 1.29 is 14.6 Å². The summed E-state index contributed by atoms with van der Waals surface area (Å²) in [6.07, 6.45) is 5.62. The zero-order valence-corrected chi connectivity index (χ0v) is 13.6. The third kappa shape index (κ3) is 3.21. The number of carbonyl (C=O) groups is 1. The maximum Gasteiger partial charge on any atom is 0.255 e. The summed E-state index contributed by atoms with van der Waals surface area (Å²) in [5.41, 5.74) is 0.999. The van der Waals surface area contributed by atoms with Crippen molar-refractivity contribution >= 4 is 17.5 Å². The molecule has 1 amide bonds. The number of halogens is 1. The molecule has 23 heavy (non-hydrogen) atoms. The number of methoxy groups -OCH3 is 1. The molecule has 0 atom stereocenters. The lowest BCUT2D eigenvalue weighted by molar-refractivity contribution is 0.0932. The maximum atomic E-state index is 12.4. The summed E-state index contributed by atoms with van der Waals surface area (Å²) in [4.78, 5) is 12.4. The number of aromatic nitrogens is 1. The first-order valence-electron chi connectivity index (χ1n) is 7.48. The van der Waals surface area contributed by atoms with E-state index in [1.165, 1.54) is 7.11 Å². The number of hydrogen-bond donors (Lipinski definition) is 2. The normalized spacial score (nSPS) is 15.3. The van der Waals surface area contributed by atoms with Gasteiger partial charge in [-0.15, -0.1) is 0 Å². The Hall–Kier alpha value is -1.98. The molecule has 6 heteroatoms. The van der Waals surface area contributed by atoms with E-state index >= 15 is 0 Å². The van der Waals surface area contributed by atoms with Crippen molar-refractivity contribution in [2.75, 3.05) is 20.3 Å². The van der Waals surface area contributed by atoms with Crippen LogP contribution in [0.15, 0.2) is 36.7 Å². The molecule has 3 rings (SSSR count). The van der Waals surface area contributed by atoms with Gasteiger partial charge in [0, 0.05) is 30.4 Å². The summed E-state index contributed by atoms with van der Waals surface area (Å²) in [7, 11) is 1.52. The van der Waals surface area contributed by atoms with Gasteiger partial charge in [0.25, 0.3) is 5.91 Å². The Balaban J connectivity index is 1.84. The van der Waals surface area contributed by atoms with Crippen molar-refractivity contribution in [3.8, 4) is 11.4 Å². The van der Waals surface area contributed by atoms with Crippen LogP contribution in [0.1, 0.15) is 23.2 Å². The third-order valence-electron chi connectivity index (χ3n) is 4.31. The standard InChI is InChI=1S/C17H19ClN2O3/c1-23-15-9-14(20-6-2-3-7-20)13(18)8-12(15)16(22)19-10-17(11-21)4-5-17/h2-3,6-9,21H,4-5,10-11H2,1H3,(H,19,22). The average Bonchev–Trinajstić information content (AvgIpc) is 3.15. The van der Waals surface area contributed by atoms with Crippen LogP contribution in [-0.2, 0) is 0 Å². The van der Waals surface area contributed by atoms with Crippen LogP contribution in [0.25, 0.3) is 5.69 Å². The van der Waals surface area contributed by atoms with Gasteiger partial charge >= 0.3 is 0 Å². The van der Waals surface area contributed by atoms with Crippen molar-refractivity contribution in [2.45, 2.75) is 12.8 Å². The smallest absolute Gasteiger partial charge is 0.255 e. The fraction of sp³-hybridized carbons (Fsp3) is 0.353. The van der Waals surface area contributed by atoms with Crippen LogP contribution < -0.4 is 10.1 Å². The molecule has 0 radical (unpaired) electrons. The van der Waals surface area contributed by atoms with Crippen LogP contribution >= 0.6 is 11.6 Å². The van der Waals surface area contributed by atoms with E-state index in [2.05, 4.69) is 5.32 Å². The second-order valence-corrected chi connectivity index (χ2v) is 6.34. The lowest BCUT2D eigenvalue weighted by atomic mass is 10.1. The Labute approximate surface area is 139 Å². The summed E-state index contributed by atoms with van der Waals surface area (Å²) in [6.45, 7) is 0.556. The molecule has 1 aromatic carbocycles. The van der Waals surface area contributed by atoms with Crippen molar-refractivity contribution in [3.63, 3.8) is 0 Å². The molecule has 5 nitrogen and oxygen atoms in total. The van der Waals surface area contributed by atoms with E-state index in [1.807, 2.05) is 29.1 Å². The molecule has 1 aliphatic carbocycles. The topological polar surface area (TPSA) is 63.5 Å². The highest BCUT2D eigenvalue weighted by atomic mass is 35.5. The van der Waals surface area contributed by atoms with Gasteiger partial charge in [0.2, 0.25) is 0 Å². The SMILES string of the molecule is COc1cc(-n2cccc2)c(Cl)cc1C(=O)NCC1(CO)CC1. The Kier molecular flexibility index (Phi) is 4.33. The number of ether oxygens (including phenoxy) is 1. The van der Waals surface area contributed by atoms with Crippen LogP contribution in [0.5, 0.6) is 5.75 Å². The molecule has 1 saturated carbocycles. The number of nitrogens with one attached hydrogen (secondary N) is 1. The summed E-state index contributed by atoms with van der Waals surface area (Å²) in [6, 6.07) is 7.15. The van der Waals surface area contributed by atoms with Gasteiger partial charge in [-0.3, -0.25) is 4.79 Å². The first-order valence-corrected chi connectivity index (χ1v) is 7.86. The Bertz CT molecular complexity index is 709. The molecule has 0 spiro atoms. The number of aliphatic hydroxyl groups is 1. The van der Waals surface area contributed by atoms with E-state index < -0.39 is 0 Å². The number of carbonyl (C=O) groups excluding carboxylic acids is 1. The van der Waals surface area contributed by atoms with Gasteiger partial charge < -0.3 is 19.7 Å². The first-order chi connectivity index (χ1) is 11.1. The van der Waals surface area contributed by atoms with Gasteiger partial charge in [-0.1, -0.05) is 11.6 Å². The quantitative estimate of drug-likeness (QED) is 0.853.